The lowest BCUT2D eigenvalue weighted by Crippen LogP contribution is -2.66. The van der Waals surface area contributed by atoms with E-state index in [1.807, 2.05) is 20.8 Å². The van der Waals surface area contributed by atoms with Gasteiger partial charge in [-0.25, -0.2) is 4.79 Å². The fourth-order valence-electron chi connectivity index (χ4n) is 5.35. The van der Waals surface area contributed by atoms with Crippen LogP contribution in [-0.4, -0.2) is 34.6 Å². The fourth-order valence-corrected chi connectivity index (χ4v) is 5.53. The molecule has 0 spiro atoms. The molecule has 2 unspecified atom stereocenters. The second-order valence-corrected chi connectivity index (χ2v) is 9.45. The van der Waals surface area contributed by atoms with Gasteiger partial charge >= 0.3 is 12.1 Å². The first kappa shape index (κ1) is 17.9. The summed E-state index contributed by atoms with van der Waals surface area (Å²) < 4.78 is 11.4. The minimum absolute atomic E-state index is 0.167. The van der Waals surface area contributed by atoms with Crippen LogP contribution in [0.1, 0.15) is 65.7 Å². The van der Waals surface area contributed by atoms with Crippen molar-refractivity contribution in [1.29, 1.82) is 0 Å². The van der Waals surface area contributed by atoms with E-state index in [1.54, 1.807) is 0 Å². The molecule has 136 valence electrons. The third-order valence-corrected chi connectivity index (χ3v) is 5.64. The van der Waals surface area contributed by atoms with Crippen molar-refractivity contribution >= 4 is 24.7 Å². The lowest BCUT2D eigenvalue weighted by atomic mass is 9.51. The van der Waals surface area contributed by atoms with Gasteiger partial charge < -0.3 is 14.8 Å². The van der Waals surface area contributed by atoms with Crippen molar-refractivity contribution in [2.24, 2.45) is 11.8 Å². The van der Waals surface area contributed by atoms with Crippen molar-refractivity contribution in [2.75, 3.05) is 5.75 Å². The van der Waals surface area contributed by atoms with Gasteiger partial charge in [0.2, 0.25) is 0 Å². The lowest BCUT2D eigenvalue weighted by Gasteiger charge is -2.61. The van der Waals surface area contributed by atoms with Crippen LogP contribution in [0, 0.1) is 11.8 Å². The zero-order valence-corrected chi connectivity index (χ0v) is 15.8. The number of amides is 1. The Labute approximate surface area is 149 Å². The topological polar surface area (TPSA) is 64.6 Å². The minimum atomic E-state index is -0.511. The molecule has 4 aliphatic carbocycles. The van der Waals surface area contributed by atoms with Gasteiger partial charge in [-0.2, -0.15) is 12.6 Å². The Balaban J connectivity index is 1.73. The zero-order valence-electron chi connectivity index (χ0n) is 14.9. The molecular weight excluding hydrogens is 326 g/mol. The molecule has 4 bridgehead atoms. The summed E-state index contributed by atoms with van der Waals surface area (Å²) in [6, 6.07) is 0. The van der Waals surface area contributed by atoms with Gasteiger partial charge in [0.25, 0.3) is 0 Å². The average Bonchev–Trinajstić information content (AvgIpc) is 2.32. The molecule has 0 aromatic rings. The molecule has 4 saturated carbocycles. The molecule has 24 heavy (non-hydrogen) atoms. The van der Waals surface area contributed by atoms with Crippen LogP contribution in [0.3, 0.4) is 0 Å². The van der Waals surface area contributed by atoms with Crippen molar-refractivity contribution in [3.63, 3.8) is 0 Å². The Bertz CT molecular complexity index is 514. The van der Waals surface area contributed by atoms with E-state index in [1.165, 1.54) is 6.42 Å². The van der Waals surface area contributed by atoms with Crippen LogP contribution in [-0.2, 0) is 14.3 Å². The molecule has 4 rings (SSSR count). The number of nitrogens with one attached hydrogen (secondary N) is 1. The number of thiol groups is 1. The third-order valence-electron chi connectivity index (χ3n) is 5.42. The van der Waals surface area contributed by atoms with Gasteiger partial charge in [-0.05, 0) is 64.7 Å². The number of esters is 1. The largest absolute Gasteiger partial charge is 0.459 e. The summed E-state index contributed by atoms with van der Waals surface area (Å²) >= 11 is 4.12. The quantitative estimate of drug-likeness (QED) is 0.599. The van der Waals surface area contributed by atoms with Gasteiger partial charge in [0, 0.05) is 17.7 Å². The number of carbonyl (C=O) groups is 2. The normalized spacial score (nSPS) is 37.2. The number of hydrogen-bond donors (Lipinski definition) is 2. The number of alkyl carbamates (subject to hydrolysis) is 1. The van der Waals surface area contributed by atoms with E-state index in [0.29, 0.717) is 30.4 Å². The van der Waals surface area contributed by atoms with Gasteiger partial charge in [0.15, 0.2) is 0 Å². The second-order valence-electron chi connectivity index (χ2n) is 9.00. The highest BCUT2D eigenvalue weighted by molar-refractivity contribution is 7.80. The molecule has 0 aromatic heterocycles. The highest BCUT2D eigenvalue weighted by Crippen LogP contribution is 2.59. The van der Waals surface area contributed by atoms with E-state index in [2.05, 4.69) is 17.9 Å². The summed E-state index contributed by atoms with van der Waals surface area (Å²) in [7, 11) is 0. The lowest BCUT2D eigenvalue weighted by molar-refractivity contribution is -0.191. The zero-order chi connectivity index (χ0) is 17.6. The summed E-state index contributed by atoms with van der Waals surface area (Å²) in [4.78, 5) is 24.4. The van der Waals surface area contributed by atoms with Gasteiger partial charge in [0.05, 0.1) is 6.42 Å². The van der Waals surface area contributed by atoms with E-state index in [4.69, 9.17) is 9.47 Å². The maximum atomic E-state index is 12.3. The molecule has 0 saturated heterocycles. The Morgan fingerprint density at radius 1 is 1.17 bits per heavy atom. The summed E-state index contributed by atoms with van der Waals surface area (Å²) in [5.41, 5.74) is -1.20. The minimum Gasteiger partial charge on any atom is -0.459 e. The average molecular weight is 356 g/mol. The molecule has 0 heterocycles. The Morgan fingerprint density at radius 2 is 1.79 bits per heavy atom. The number of ether oxygens (including phenoxy) is 2. The predicted octanol–water partition coefficient (Wildman–Crippen LogP) is 3.47. The molecule has 4 aliphatic rings. The van der Waals surface area contributed by atoms with Crippen molar-refractivity contribution < 1.29 is 19.1 Å². The van der Waals surface area contributed by atoms with Crippen LogP contribution in [0.4, 0.5) is 4.79 Å². The number of carbonyl (C=O) groups excluding carboxylic acids is 2. The fraction of sp³-hybridized carbons (Fsp3) is 0.889. The highest BCUT2D eigenvalue weighted by atomic mass is 32.1. The first-order chi connectivity index (χ1) is 11.1. The summed E-state index contributed by atoms with van der Waals surface area (Å²) in [5, 5.41) is 3.14. The van der Waals surface area contributed by atoms with E-state index in [0.717, 1.165) is 25.7 Å². The molecule has 0 aliphatic heterocycles. The molecular formula is C18H29NO4S. The Hall–Kier alpha value is -0.910. The van der Waals surface area contributed by atoms with Crippen molar-refractivity contribution in [2.45, 2.75) is 82.5 Å². The van der Waals surface area contributed by atoms with Crippen molar-refractivity contribution in [1.82, 2.24) is 5.32 Å². The third kappa shape index (κ3) is 3.84. The van der Waals surface area contributed by atoms with Crippen molar-refractivity contribution in [3.05, 3.63) is 0 Å². The molecule has 1 amide bonds. The smallest absolute Gasteiger partial charge is 0.408 e. The molecule has 5 nitrogen and oxygen atoms in total. The van der Waals surface area contributed by atoms with E-state index < -0.39 is 11.2 Å². The molecule has 1 N–H and O–H groups in total. The second kappa shape index (κ2) is 6.11. The van der Waals surface area contributed by atoms with Crippen LogP contribution < -0.4 is 5.32 Å². The van der Waals surface area contributed by atoms with Crippen molar-refractivity contribution in [3.8, 4) is 0 Å². The van der Waals surface area contributed by atoms with Gasteiger partial charge in [-0.15, -0.1) is 0 Å². The van der Waals surface area contributed by atoms with Gasteiger partial charge in [-0.1, -0.05) is 0 Å². The molecule has 4 fully saturated rings. The maximum absolute atomic E-state index is 12.3. The van der Waals surface area contributed by atoms with Crippen LogP contribution >= 0.6 is 12.6 Å². The van der Waals surface area contributed by atoms with Crippen LogP contribution in [0.2, 0.25) is 0 Å². The highest BCUT2D eigenvalue weighted by Gasteiger charge is 2.60. The Kier molecular flexibility index (Phi) is 4.56. The predicted molar refractivity (Wildman–Crippen MR) is 94.1 cm³/mol. The number of hydrogen-bond acceptors (Lipinski definition) is 5. The van der Waals surface area contributed by atoms with E-state index in [9.17, 15) is 9.59 Å². The molecule has 0 aromatic carbocycles. The first-order valence-electron chi connectivity index (χ1n) is 8.97. The monoisotopic (exact) mass is 355 g/mol. The maximum Gasteiger partial charge on any atom is 0.408 e. The van der Waals surface area contributed by atoms with Gasteiger partial charge in [-0.3, -0.25) is 4.79 Å². The summed E-state index contributed by atoms with van der Waals surface area (Å²) in [5.74, 6) is 1.37. The van der Waals surface area contributed by atoms with Crippen LogP contribution in [0.15, 0.2) is 0 Å². The standard InChI is InChI=1S/C18H29NO4S/c1-16(2,3)23-15(21)19-17-7-12-6-13(8-17)10-18(9-12,11-17)22-14(20)4-5-24/h12-13,24H,4-11H2,1-3H3,(H,19,21). The molecule has 6 heteroatoms. The SMILES string of the molecule is CC(C)(C)OC(=O)NC12CC3CC(C1)CC(OC(=O)CCS)(C3)C2. The Morgan fingerprint density at radius 3 is 2.33 bits per heavy atom. The summed E-state index contributed by atoms with van der Waals surface area (Å²) in [6.07, 6.45) is 5.67. The van der Waals surface area contributed by atoms with Gasteiger partial charge in [0.1, 0.15) is 11.2 Å². The molecule has 2 atom stereocenters. The van der Waals surface area contributed by atoms with Crippen LogP contribution in [0.5, 0.6) is 0 Å². The number of rotatable bonds is 4. The first-order valence-corrected chi connectivity index (χ1v) is 9.60. The van der Waals surface area contributed by atoms with E-state index in [-0.39, 0.29) is 17.6 Å². The molecule has 0 radical (unpaired) electrons. The summed E-state index contributed by atoms with van der Waals surface area (Å²) in [6.45, 7) is 5.60. The van der Waals surface area contributed by atoms with Crippen LogP contribution in [0.25, 0.3) is 0 Å². The van der Waals surface area contributed by atoms with E-state index >= 15 is 0 Å².